The van der Waals surface area contributed by atoms with E-state index in [1.54, 1.807) is 32.2 Å². The Kier molecular flexibility index (Phi) is 7.33. The van der Waals surface area contributed by atoms with E-state index in [2.05, 4.69) is 26.1 Å². The highest BCUT2D eigenvalue weighted by molar-refractivity contribution is 5.97. The van der Waals surface area contributed by atoms with Crippen molar-refractivity contribution in [1.82, 2.24) is 0 Å². The van der Waals surface area contributed by atoms with Crippen molar-refractivity contribution < 1.29 is 14.3 Å². The van der Waals surface area contributed by atoms with Crippen molar-refractivity contribution in [3.63, 3.8) is 0 Å². The molecule has 2 aromatic carbocycles. The molecule has 26 heavy (non-hydrogen) atoms. The molecule has 0 heterocycles. The van der Waals surface area contributed by atoms with Gasteiger partial charge in [-0.3, -0.25) is 4.79 Å². The Morgan fingerprint density at radius 1 is 1.08 bits per heavy atom. The van der Waals surface area contributed by atoms with Crippen LogP contribution in [0, 0.1) is 0 Å². The zero-order valence-electron chi connectivity index (χ0n) is 15.8. The molecule has 0 fully saturated rings. The third-order valence-electron chi connectivity index (χ3n) is 3.92. The average molecular weight is 379 g/mol. The van der Waals surface area contributed by atoms with Gasteiger partial charge >= 0.3 is 0 Å². The monoisotopic (exact) mass is 378 g/mol. The van der Waals surface area contributed by atoms with Crippen molar-refractivity contribution >= 4 is 29.7 Å². The lowest BCUT2D eigenvalue weighted by Crippen LogP contribution is -2.30. The van der Waals surface area contributed by atoms with Crippen LogP contribution in [0.25, 0.3) is 0 Å². The zero-order chi connectivity index (χ0) is 18.6. The zero-order valence-corrected chi connectivity index (χ0v) is 16.6. The third kappa shape index (κ3) is 5.56. The van der Waals surface area contributed by atoms with Crippen molar-refractivity contribution in [3.8, 4) is 11.5 Å². The van der Waals surface area contributed by atoms with Crippen LogP contribution in [0.1, 0.15) is 33.3 Å². The molecule has 0 spiro atoms. The first-order valence-corrected chi connectivity index (χ1v) is 8.22. The highest BCUT2D eigenvalue weighted by Crippen LogP contribution is 2.26. The summed E-state index contributed by atoms with van der Waals surface area (Å²) in [5, 5.41) is 2.77. The van der Waals surface area contributed by atoms with E-state index in [0.29, 0.717) is 22.9 Å². The van der Waals surface area contributed by atoms with Crippen LogP contribution in [-0.2, 0) is 10.2 Å². The van der Waals surface area contributed by atoms with Crippen molar-refractivity contribution in [1.29, 1.82) is 0 Å². The number of hydrogen-bond donors (Lipinski definition) is 2. The van der Waals surface area contributed by atoms with E-state index in [9.17, 15) is 4.79 Å². The van der Waals surface area contributed by atoms with Crippen molar-refractivity contribution in [2.45, 2.75) is 39.2 Å². The molecule has 1 unspecified atom stereocenters. The minimum absolute atomic E-state index is 0. The van der Waals surface area contributed by atoms with Crippen LogP contribution in [-0.4, -0.2) is 19.1 Å². The van der Waals surface area contributed by atoms with Crippen LogP contribution in [0.3, 0.4) is 0 Å². The standard InChI is InChI=1S/C20H26N2O3.ClH/c1-13(25-15-8-6-14(7-9-15)20(2,3)4)19(23)22-18-12-16(24-5)10-11-17(18)21;/h6-13H,21H2,1-5H3,(H,22,23);1H. The Hall–Kier alpha value is -2.40. The van der Waals surface area contributed by atoms with Gasteiger partial charge < -0.3 is 20.5 Å². The van der Waals surface area contributed by atoms with Gasteiger partial charge in [-0.2, -0.15) is 0 Å². The topological polar surface area (TPSA) is 73.6 Å². The van der Waals surface area contributed by atoms with Crippen LogP contribution in [0.4, 0.5) is 11.4 Å². The van der Waals surface area contributed by atoms with Crippen molar-refractivity contribution in [2.75, 3.05) is 18.2 Å². The van der Waals surface area contributed by atoms with Gasteiger partial charge in [0.1, 0.15) is 11.5 Å². The van der Waals surface area contributed by atoms with Crippen LogP contribution in [0.5, 0.6) is 11.5 Å². The molecule has 0 aliphatic rings. The molecule has 142 valence electrons. The first kappa shape index (κ1) is 21.6. The summed E-state index contributed by atoms with van der Waals surface area (Å²) in [6.45, 7) is 8.15. The molecule has 3 N–H and O–H groups in total. The lowest BCUT2D eigenvalue weighted by atomic mass is 9.87. The summed E-state index contributed by atoms with van der Waals surface area (Å²) in [7, 11) is 1.56. The van der Waals surface area contributed by atoms with E-state index in [1.807, 2.05) is 24.3 Å². The van der Waals surface area contributed by atoms with Crippen LogP contribution >= 0.6 is 12.4 Å². The number of carbonyl (C=O) groups excluding carboxylic acids is 1. The third-order valence-corrected chi connectivity index (χ3v) is 3.92. The molecule has 0 bridgehead atoms. The lowest BCUT2D eigenvalue weighted by molar-refractivity contribution is -0.122. The van der Waals surface area contributed by atoms with Gasteiger partial charge in [-0.25, -0.2) is 0 Å². The van der Waals surface area contributed by atoms with Gasteiger partial charge in [0, 0.05) is 6.07 Å². The summed E-state index contributed by atoms with van der Waals surface area (Å²) in [4.78, 5) is 12.4. The number of rotatable bonds is 5. The summed E-state index contributed by atoms with van der Waals surface area (Å²) in [5.74, 6) is 0.991. The first-order chi connectivity index (χ1) is 11.7. The first-order valence-electron chi connectivity index (χ1n) is 8.22. The second kappa shape index (κ2) is 8.81. The SMILES string of the molecule is COc1ccc(N)c(NC(=O)C(C)Oc2ccc(C(C)(C)C)cc2)c1.Cl. The van der Waals surface area contributed by atoms with E-state index in [4.69, 9.17) is 15.2 Å². The minimum atomic E-state index is -0.661. The fourth-order valence-corrected chi connectivity index (χ4v) is 2.30. The number of nitrogens with two attached hydrogens (primary N) is 1. The smallest absolute Gasteiger partial charge is 0.265 e. The second-order valence-corrected chi connectivity index (χ2v) is 6.98. The fourth-order valence-electron chi connectivity index (χ4n) is 2.30. The molecule has 0 aromatic heterocycles. The molecule has 1 amide bonds. The molecule has 2 aromatic rings. The number of nitrogens with one attached hydrogen (secondary N) is 1. The summed E-state index contributed by atoms with van der Waals surface area (Å²) in [5.41, 5.74) is 8.15. The molecule has 0 aliphatic heterocycles. The van der Waals surface area contributed by atoms with Gasteiger partial charge in [-0.15, -0.1) is 12.4 Å². The molecule has 0 radical (unpaired) electrons. The van der Waals surface area contributed by atoms with E-state index < -0.39 is 6.10 Å². The molecule has 0 aliphatic carbocycles. The number of amides is 1. The fraction of sp³-hybridized carbons (Fsp3) is 0.350. The maximum Gasteiger partial charge on any atom is 0.265 e. The highest BCUT2D eigenvalue weighted by Gasteiger charge is 2.17. The summed E-state index contributed by atoms with van der Waals surface area (Å²) in [6, 6.07) is 12.9. The van der Waals surface area contributed by atoms with Gasteiger partial charge in [-0.1, -0.05) is 32.9 Å². The quantitative estimate of drug-likeness (QED) is 0.756. The van der Waals surface area contributed by atoms with E-state index >= 15 is 0 Å². The Bertz CT molecular complexity index is 740. The number of anilines is 2. The van der Waals surface area contributed by atoms with Crippen molar-refractivity contribution in [2.24, 2.45) is 0 Å². The molecule has 0 saturated heterocycles. The molecule has 5 nitrogen and oxygen atoms in total. The number of nitrogen functional groups attached to an aromatic ring is 1. The number of hydrogen-bond acceptors (Lipinski definition) is 4. The summed E-state index contributed by atoms with van der Waals surface area (Å²) >= 11 is 0. The predicted octanol–water partition coefficient (Wildman–Crippen LogP) is 4.40. The predicted molar refractivity (Wildman–Crippen MR) is 109 cm³/mol. The number of halogens is 1. The maximum atomic E-state index is 12.4. The van der Waals surface area contributed by atoms with Gasteiger partial charge in [0.2, 0.25) is 0 Å². The molecule has 0 saturated carbocycles. The molecule has 1 atom stereocenters. The normalized spacial score (nSPS) is 11.9. The Morgan fingerprint density at radius 2 is 1.65 bits per heavy atom. The summed E-state index contributed by atoms with van der Waals surface area (Å²) in [6.07, 6.45) is -0.661. The number of methoxy groups -OCH3 is 1. The Labute approximate surface area is 161 Å². The van der Waals surface area contributed by atoms with Gasteiger partial charge in [-0.05, 0) is 42.2 Å². The molecular formula is C20H27ClN2O3. The highest BCUT2D eigenvalue weighted by atomic mass is 35.5. The van der Waals surface area contributed by atoms with Gasteiger partial charge in [0.25, 0.3) is 5.91 Å². The lowest BCUT2D eigenvalue weighted by Gasteiger charge is -2.20. The largest absolute Gasteiger partial charge is 0.497 e. The van der Waals surface area contributed by atoms with E-state index in [-0.39, 0.29) is 23.7 Å². The minimum Gasteiger partial charge on any atom is -0.497 e. The van der Waals surface area contributed by atoms with Crippen LogP contribution in [0.15, 0.2) is 42.5 Å². The number of carbonyl (C=O) groups is 1. The Morgan fingerprint density at radius 3 is 2.19 bits per heavy atom. The van der Waals surface area contributed by atoms with Crippen molar-refractivity contribution in [3.05, 3.63) is 48.0 Å². The molecular weight excluding hydrogens is 352 g/mol. The van der Waals surface area contributed by atoms with Crippen LogP contribution in [0.2, 0.25) is 0 Å². The molecule has 6 heteroatoms. The average Bonchev–Trinajstić information content (AvgIpc) is 2.56. The van der Waals surface area contributed by atoms with Crippen LogP contribution < -0.4 is 20.5 Å². The Balaban J connectivity index is 0.00000338. The summed E-state index contributed by atoms with van der Waals surface area (Å²) < 4.78 is 10.9. The van der Waals surface area contributed by atoms with E-state index in [1.165, 1.54) is 5.56 Å². The molecule has 2 rings (SSSR count). The van der Waals surface area contributed by atoms with Gasteiger partial charge in [0.05, 0.1) is 18.5 Å². The van der Waals surface area contributed by atoms with Gasteiger partial charge in [0.15, 0.2) is 6.10 Å². The number of ether oxygens (including phenoxy) is 2. The van der Waals surface area contributed by atoms with E-state index in [0.717, 1.165) is 0 Å². The number of benzene rings is 2. The maximum absolute atomic E-state index is 12.4. The second-order valence-electron chi connectivity index (χ2n) is 6.98.